The maximum Gasteiger partial charge on any atom is 0.0320 e. The van der Waals surface area contributed by atoms with Crippen LogP contribution in [0.4, 0.5) is 0 Å². The fourth-order valence-corrected chi connectivity index (χ4v) is 2.22. The monoisotopic (exact) mass is 204 g/mol. The van der Waals surface area contributed by atoms with Gasteiger partial charge in [0, 0.05) is 25.2 Å². The first-order valence-electron chi connectivity index (χ1n) is 5.73. The highest BCUT2D eigenvalue weighted by atomic mass is 15.2. The van der Waals surface area contributed by atoms with Crippen molar-refractivity contribution in [3.8, 4) is 0 Å². The van der Waals surface area contributed by atoms with Crippen molar-refractivity contribution in [2.45, 2.75) is 32.4 Å². The van der Waals surface area contributed by atoms with E-state index in [1.54, 1.807) is 0 Å². The molecule has 0 radical (unpaired) electrons. The average Bonchev–Trinajstić information content (AvgIpc) is 2.65. The van der Waals surface area contributed by atoms with Crippen LogP contribution in [0.5, 0.6) is 0 Å². The Morgan fingerprint density at radius 3 is 2.53 bits per heavy atom. The number of benzene rings is 1. The molecule has 1 aliphatic rings. The topological polar surface area (TPSA) is 29.3 Å². The van der Waals surface area contributed by atoms with E-state index in [-0.39, 0.29) is 0 Å². The van der Waals surface area contributed by atoms with Crippen molar-refractivity contribution in [3.05, 3.63) is 35.4 Å². The summed E-state index contributed by atoms with van der Waals surface area (Å²) in [6, 6.07) is 9.69. The van der Waals surface area contributed by atoms with Crippen molar-refractivity contribution in [2.75, 3.05) is 13.1 Å². The minimum Gasteiger partial charge on any atom is -0.326 e. The van der Waals surface area contributed by atoms with Gasteiger partial charge in [0.2, 0.25) is 0 Å². The van der Waals surface area contributed by atoms with Gasteiger partial charge in [-0.15, -0.1) is 0 Å². The van der Waals surface area contributed by atoms with Gasteiger partial charge in [0.15, 0.2) is 0 Å². The molecule has 0 saturated carbocycles. The van der Waals surface area contributed by atoms with Crippen LogP contribution in [-0.4, -0.2) is 24.0 Å². The van der Waals surface area contributed by atoms with Gasteiger partial charge in [-0.3, -0.25) is 4.90 Å². The molecule has 1 saturated heterocycles. The summed E-state index contributed by atoms with van der Waals surface area (Å²) in [5, 5.41) is 0. The van der Waals surface area contributed by atoms with E-state index in [0.717, 1.165) is 19.5 Å². The average molecular weight is 204 g/mol. The third-order valence-electron chi connectivity index (χ3n) is 3.36. The first-order valence-corrected chi connectivity index (χ1v) is 5.73. The van der Waals surface area contributed by atoms with Crippen molar-refractivity contribution in [1.29, 1.82) is 0 Å². The Kier molecular flexibility index (Phi) is 3.08. The molecule has 2 unspecified atom stereocenters. The predicted molar refractivity (Wildman–Crippen MR) is 63.8 cm³/mol. The third-order valence-corrected chi connectivity index (χ3v) is 3.36. The van der Waals surface area contributed by atoms with Gasteiger partial charge in [0.25, 0.3) is 0 Å². The summed E-state index contributed by atoms with van der Waals surface area (Å²) in [5.74, 6) is 0. The van der Waals surface area contributed by atoms with Crippen LogP contribution < -0.4 is 5.73 Å². The minimum atomic E-state index is 0.373. The zero-order valence-electron chi connectivity index (χ0n) is 9.61. The molecule has 0 amide bonds. The van der Waals surface area contributed by atoms with E-state index in [1.807, 2.05) is 0 Å². The Hall–Kier alpha value is -0.860. The quantitative estimate of drug-likeness (QED) is 0.799. The second-order valence-electron chi connectivity index (χ2n) is 4.63. The standard InChI is InChI=1S/C13H20N2/c1-10-3-5-12(6-4-10)11(2)15-8-7-13(14)9-15/h3-6,11,13H,7-9,14H2,1-2H3. The molecule has 2 rings (SSSR count). The van der Waals surface area contributed by atoms with Gasteiger partial charge in [0.1, 0.15) is 0 Å². The van der Waals surface area contributed by atoms with Crippen molar-refractivity contribution < 1.29 is 0 Å². The van der Waals surface area contributed by atoms with Gasteiger partial charge in [-0.05, 0) is 25.8 Å². The zero-order chi connectivity index (χ0) is 10.8. The fraction of sp³-hybridized carbons (Fsp3) is 0.538. The van der Waals surface area contributed by atoms with Crippen molar-refractivity contribution in [2.24, 2.45) is 5.73 Å². The van der Waals surface area contributed by atoms with Crippen LogP contribution >= 0.6 is 0 Å². The number of aryl methyl sites for hydroxylation is 1. The third kappa shape index (κ3) is 2.39. The number of likely N-dealkylation sites (tertiary alicyclic amines) is 1. The summed E-state index contributed by atoms with van der Waals surface area (Å²) in [4.78, 5) is 2.47. The maximum atomic E-state index is 5.92. The fourth-order valence-electron chi connectivity index (χ4n) is 2.22. The lowest BCUT2D eigenvalue weighted by Gasteiger charge is -2.24. The van der Waals surface area contributed by atoms with Crippen molar-refractivity contribution in [3.63, 3.8) is 0 Å². The highest BCUT2D eigenvalue weighted by Gasteiger charge is 2.23. The first kappa shape index (κ1) is 10.7. The number of nitrogens with two attached hydrogens (primary N) is 1. The summed E-state index contributed by atoms with van der Waals surface area (Å²) < 4.78 is 0. The van der Waals surface area contributed by atoms with Crippen LogP contribution in [0.1, 0.15) is 30.5 Å². The molecule has 1 heterocycles. The Morgan fingerprint density at radius 1 is 1.33 bits per heavy atom. The Labute approximate surface area is 92.1 Å². The van der Waals surface area contributed by atoms with Gasteiger partial charge >= 0.3 is 0 Å². The van der Waals surface area contributed by atoms with Crippen LogP contribution in [0.25, 0.3) is 0 Å². The molecule has 82 valence electrons. The van der Waals surface area contributed by atoms with E-state index < -0.39 is 0 Å². The molecule has 0 aromatic heterocycles. The lowest BCUT2D eigenvalue weighted by molar-refractivity contribution is 0.260. The van der Waals surface area contributed by atoms with Gasteiger partial charge < -0.3 is 5.73 Å². The molecule has 1 aromatic carbocycles. The summed E-state index contributed by atoms with van der Waals surface area (Å²) in [6.07, 6.45) is 1.14. The Bertz CT molecular complexity index is 318. The largest absolute Gasteiger partial charge is 0.326 e. The van der Waals surface area contributed by atoms with Gasteiger partial charge in [-0.1, -0.05) is 29.8 Å². The molecule has 0 aliphatic carbocycles. The summed E-state index contributed by atoms with van der Waals surface area (Å²) in [7, 11) is 0. The summed E-state index contributed by atoms with van der Waals surface area (Å²) >= 11 is 0. The molecule has 2 nitrogen and oxygen atoms in total. The molecule has 2 heteroatoms. The van der Waals surface area contributed by atoms with E-state index in [2.05, 4.69) is 43.0 Å². The molecule has 1 aromatic rings. The molecule has 0 bridgehead atoms. The van der Waals surface area contributed by atoms with Crippen LogP contribution in [0.3, 0.4) is 0 Å². The van der Waals surface area contributed by atoms with Gasteiger partial charge in [0.05, 0.1) is 0 Å². The molecule has 2 N–H and O–H groups in total. The molecule has 0 spiro atoms. The Balaban J connectivity index is 2.07. The molecule has 1 fully saturated rings. The highest BCUT2D eigenvalue weighted by molar-refractivity contribution is 5.24. The van der Waals surface area contributed by atoms with Crippen LogP contribution in [0.15, 0.2) is 24.3 Å². The second-order valence-corrected chi connectivity index (χ2v) is 4.63. The first-order chi connectivity index (χ1) is 7.16. The van der Waals surface area contributed by atoms with E-state index in [0.29, 0.717) is 12.1 Å². The summed E-state index contributed by atoms with van der Waals surface area (Å²) in [5.41, 5.74) is 8.64. The number of hydrogen-bond donors (Lipinski definition) is 1. The van der Waals surface area contributed by atoms with E-state index >= 15 is 0 Å². The van der Waals surface area contributed by atoms with Crippen LogP contribution in [-0.2, 0) is 0 Å². The normalized spacial score (nSPS) is 24.3. The molecule has 15 heavy (non-hydrogen) atoms. The maximum absolute atomic E-state index is 5.92. The molecular weight excluding hydrogens is 184 g/mol. The van der Waals surface area contributed by atoms with E-state index in [9.17, 15) is 0 Å². The summed E-state index contributed by atoms with van der Waals surface area (Å²) in [6.45, 7) is 6.56. The molecular formula is C13H20N2. The number of hydrogen-bond acceptors (Lipinski definition) is 2. The molecule has 1 aliphatic heterocycles. The lowest BCUT2D eigenvalue weighted by Crippen LogP contribution is -2.28. The van der Waals surface area contributed by atoms with E-state index in [4.69, 9.17) is 5.73 Å². The van der Waals surface area contributed by atoms with Crippen LogP contribution in [0, 0.1) is 6.92 Å². The highest BCUT2D eigenvalue weighted by Crippen LogP contribution is 2.24. The SMILES string of the molecule is Cc1ccc(C(C)N2CCC(N)C2)cc1. The van der Waals surface area contributed by atoms with Gasteiger partial charge in [-0.25, -0.2) is 0 Å². The Morgan fingerprint density at radius 2 is 2.00 bits per heavy atom. The van der Waals surface area contributed by atoms with Gasteiger partial charge in [-0.2, -0.15) is 0 Å². The lowest BCUT2D eigenvalue weighted by atomic mass is 10.1. The number of rotatable bonds is 2. The minimum absolute atomic E-state index is 0.373. The van der Waals surface area contributed by atoms with E-state index in [1.165, 1.54) is 11.1 Å². The molecule has 2 atom stereocenters. The zero-order valence-corrected chi connectivity index (χ0v) is 9.61. The smallest absolute Gasteiger partial charge is 0.0320 e. The predicted octanol–water partition coefficient (Wildman–Crippen LogP) is 2.09. The van der Waals surface area contributed by atoms with Crippen molar-refractivity contribution >= 4 is 0 Å². The van der Waals surface area contributed by atoms with Crippen LogP contribution in [0.2, 0.25) is 0 Å². The second kappa shape index (κ2) is 4.33. The van der Waals surface area contributed by atoms with Crippen molar-refractivity contribution in [1.82, 2.24) is 4.90 Å². The number of nitrogens with zero attached hydrogens (tertiary/aromatic N) is 1.